The zero-order valence-electron chi connectivity index (χ0n) is 19.2. The zero-order valence-corrected chi connectivity index (χ0v) is 20.0. The van der Waals surface area contributed by atoms with Crippen LogP contribution in [-0.2, 0) is 4.74 Å². The number of hydrogen-bond acceptors (Lipinski definition) is 8. The molecule has 10 heteroatoms. The number of aromatic hydroxyl groups is 1. The summed E-state index contributed by atoms with van der Waals surface area (Å²) >= 11 is 0. The molecule has 0 amide bonds. The highest BCUT2D eigenvalue weighted by atomic mass is 35.5. The highest BCUT2D eigenvalue weighted by molar-refractivity contribution is 5.85. The van der Waals surface area contributed by atoms with Gasteiger partial charge in [-0.15, -0.1) is 12.4 Å². The Morgan fingerprint density at radius 2 is 1.82 bits per heavy atom. The van der Waals surface area contributed by atoms with E-state index in [0.29, 0.717) is 23.4 Å². The average Bonchev–Trinajstić information content (AvgIpc) is 2.81. The van der Waals surface area contributed by atoms with Crippen molar-refractivity contribution in [3.63, 3.8) is 0 Å². The first-order valence-electron chi connectivity index (χ1n) is 10.9. The lowest BCUT2D eigenvalue weighted by Gasteiger charge is -2.26. The maximum absolute atomic E-state index is 14.3. The number of hydrogen-bond donors (Lipinski definition) is 3. The molecule has 1 aliphatic rings. The molecule has 34 heavy (non-hydrogen) atoms. The normalized spacial score (nSPS) is 13.7. The molecule has 8 nitrogen and oxygen atoms in total. The summed E-state index contributed by atoms with van der Waals surface area (Å²) in [5.41, 5.74) is 2.74. The standard InChI is InChI=1S/C24H28FN5O3.ClH/c1-16-12-19(13-17(2)22(16)31)27-23-21(25)15-26-24(29-23)28-18-4-3-5-20(14-18)33-11-8-30-6-9-32-10-7-30;/h3-5,12-15,31H,6-11H2,1-2H3,(H2,26,27,28,29);1H. The van der Waals surface area contributed by atoms with Crippen molar-refractivity contribution in [1.29, 1.82) is 0 Å². The van der Waals surface area contributed by atoms with E-state index in [1.54, 1.807) is 26.0 Å². The molecule has 0 atom stereocenters. The molecule has 0 aliphatic carbocycles. The van der Waals surface area contributed by atoms with Crippen molar-refractivity contribution >= 4 is 35.5 Å². The number of phenolic OH excluding ortho intramolecular Hbond substituents is 1. The van der Waals surface area contributed by atoms with Gasteiger partial charge in [-0.05, 0) is 49.2 Å². The summed E-state index contributed by atoms with van der Waals surface area (Å²) in [7, 11) is 0. The minimum Gasteiger partial charge on any atom is -0.507 e. The number of aromatic nitrogens is 2. The topological polar surface area (TPSA) is 91.8 Å². The molecule has 0 radical (unpaired) electrons. The van der Waals surface area contributed by atoms with Gasteiger partial charge in [-0.2, -0.15) is 4.98 Å². The Balaban J connectivity index is 0.00000324. The van der Waals surface area contributed by atoms with Crippen molar-refractivity contribution in [1.82, 2.24) is 14.9 Å². The fourth-order valence-electron chi connectivity index (χ4n) is 3.59. The smallest absolute Gasteiger partial charge is 0.229 e. The van der Waals surface area contributed by atoms with E-state index in [4.69, 9.17) is 9.47 Å². The van der Waals surface area contributed by atoms with Gasteiger partial charge in [-0.1, -0.05) is 6.07 Å². The van der Waals surface area contributed by atoms with Crippen LogP contribution in [0.25, 0.3) is 0 Å². The number of halogens is 2. The largest absolute Gasteiger partial charge is 0.507 e. The number of benzene rings is 2. The van der Waals surface area contributed by atoms with Crippen LogP contribution >= 0.6 is 12.4 Å². The number of morpholine rings is 1. The Bertz CT molecular complexity index is 1090. The Labute approximate surface area is 204 Å². The number of nitrogens with one attached hydrogen (secondary N) is 2. The maximum Gasteiger partial charge on any atom is 0.229 e. The van der Waals surface area contributed by atoms with Gasteiger partial charge in [0.05, 0.1) is 19.4 Å². The molecular weight excluding hydrogens is 461 g/mol. The first-order valence-corrected chi connectivity index (χ1v) is 10.9. The number of phenols is 1. The van der Waals surface area contributed by atoms with Crippen molar-refractivity contribution in [2.75, 3.05) is 50.1 Å². The van der Waals surface area contributed by atoms with Crippen molar-refractivity contribution in [3.05, 3.63) is 59.5 Å². The number of nitrogens with zero attached hydrogens (tertiary/aromatic N) is 3. The van der Waals surface area contributed by atoms with Gasteiger partial charge in [0, 0.05) is 37.1 Å². The van der Waals surface area contributed by atoms with E-state index in [-0.39, 0.29) is 29.9 Å². The molecule has 1 fully saturated rings. The predicted molar refractivity (Wildman–Crippen MR) is 133 cm³/mol. The third-order valence-electron chi connectivity index (χ3n) is 5.37. The minimum absolute atomic E-state index is 0. The van der Waals surface area contributed by atoms with Gasteiger partial charge < -0.3 is 25.2 Å². The third kappa shape index (κ3) is 6.69. The summed E-state index contributed by atoms with van der Waals surface area (Å²) in [6.45, 7) is 8.36. The molecule has 0 spiro atoms. The second kappa shape index (κ2) is 11.8. The van der Waals surface area contributed by atoms with Crippen molar-refractivity contribution in [3.8, 4) is 11.5 Å². The van der Waals surface area contributed by atoms with Crippen molar-refractivity contribution in [2.45, 2.75) is 13.8 Å². The first kappa shape index (κ1) is 25.5. The Hall–Kier alpha value is -3.14. The van der Waals surface area contributed by atoms with Gasteiger partial charge in [0.15, 0.2) is 11.6 Å². The molecule has 0 unspecified atom stereocenters. The summed E-state index contributed by atoms with van der Waals surface area (Å²) in [6.07, 6.45) is 1.11. The molecule has 1 aliphatic heterocycles. The molecule has 3 N–H and O–H groups in total. The molecule has 1 saturated heterocycles. The predicted octanol–water partition coefficient (Wildman–Crippen LogP) is 4.56. The second-order valence-corrected chi connectivity index (χ2v) is 7.93. The average molecular weight is 490 g/mol. The van der Waals surface area contributed by atoms with Crippen LogP contribution in [0.5, 0.6) is 11.5 Å². The van der Waals surface area contributed by atoms with Crippen LogP contribution in [0.15, 0.2) is 42.6 Å². The highest BCUT2D eigenvalue weighted by Crippen LogP contribution is 2.28. The summed E-state index contributed by atoms with van der Waals surface area (Å²) in [6, 6.07) is 10.9. The minimum atomic E-state index is -0.580. The molecule has 4 rings (SSSR count). The summed E-state index contributed by atoms with van der Waals surface area (Å²) in [5.74, 6) is 0.650. The zero-order chi connectivity index (χ0) is 23.2. The number of rotatable bonds is 8. The van der Waals surface area contributed by atoms with Gasteiger partial charge in [-0.25, -0.2) is 9.37 Å². The third-order valence-corrected chi connectivity index (χ3v) is 5.37. The van der Waals surface area contributed by atoms with Gasteiger partial charge in [0.25, 0.3) is 0 Å². The highest BCUT2D eigenvalue weighted by Gasteiger charge is 2.12. The van der Waals surface area contributed by atoms with Gasteiger partial charge in [-0.3, -0.25) is 4.90 Å². The van der Waals surface area contributed by atoms with Crippen LogP contribution in [0.4, 0.5) is 27.5 Å². The lowest BCUT2D eigenvalue weighted by atomic mass is 10.1. The summed E-state index contributed by atoms with van der Waals surface area (Å²) in [4.78, 5) is 10.6. The van der Waals surface area contributed by atoms with Gasteiger partial charge >= 0.3 is 0 Å². The fourth-order valence-corrected chi connectivity index (χ4v) is 3.59. The molecule has 3 aromatic rings. The Morgan fingerprint density at radius 1 is 1.09 bits per heavy atom. The first-order chi connectivity index (χ1) is 16.0. The lowest BCUT2D eigenvalue weighted by molar-refractivity contribution is 0.0322. The van der Waals surface area contributed by atoms with Crippen molar-refractivity contribution < 1.29 is 19.0 Å². The molecule has 182 valence electrons. The number of ether oxygens (including phenoxy) is 2. The van der Waals surface area contributed by atoms with Gasteiger partial charge in [0.2, 0.25) is 5.95 Å². The van der Waals surface area contributed by atoms with Crippen LogP contribution < -0.4 is 15.4 Å². The van der Waals surface area contributed by atoms with E-state index < -0.39 is 5.82 Å². The van der Waals surface area contributed by atoms with E-state index in [2.05, 4.69) is 25.5 Å². The van der Waals surface area contributed by atoms with Crippen LogP contribution in [0.2, 0.25) is 0 Å². The molecular formula is C24H29ClFN5O3. The van der Waals surface area contributed by atoms with Crippen LogP contribution in [-0.4, -0.2) is 59.4 Å². The quantitative estimate of drug-likeness (QED) is 0.397. The van der Waals surface area contributed by atoms with Crippen LogP contribution in [0.1, 0.15) is 11.1 Å². The Kier molecular flexibility index (Phi) is 8.86. The Morgan fingerprint density at radius 3 is 2.56 bits per heavy atom. The van der Waals surface area contributed by atoms with E-state index >= 15 is 0 Å². The fraction of sp³-hybridized carbons (Fsp3) is 0.333. The van der Waals surface area contributed by atoms with Crippen LogP contribution in [0.3, 0.4) is 0 Å². The second-order valence-electron chi connectivity index (χ2n) is 7.93. The number of anilines is 4. The molecule has 2 aromatic carbocycles. The van der Waals surface area contributed by atoms with E-state index in [1.807, 2.05) is 24.3 Å². The lowest BCUT2D eigenvalue weighted by Crippen LogP contribution is -2.38. The summed E-state index contributed by atoms with van der Waals surface area (Å²) in [5, 5.41) is 16.0. The molecule has 0 bridgehead atoms. The number of aryl methyl sites for hydroxylation is 2. The monoisotopic (exact) mass is 489 g/mol. The van der Waals surface area contributed by atoms with E-state index in [0.717, 1.165) is 50.5 Å². The molecule has 1 aromatic heterocycles. The van der Waals surface area contributed by atoms with E-state index in [9.17, 15) is 9.50 Å². The molecule has 0 saturated carbocycles. The van der Waals surface area contributed by atoms with Crippen LogP contribution in [0, 0.1) is 19.7 Å². The summed E-state index contributed by atoms with van der Waals surface area (Å²) < 4.78 is 25.6. The van der Waals surface area contributed by atoms with Gasteiger partial charge in [0.1, 0.15) is 18.1 Å². The van der Waals surface area contributed by atoms with Crippen molar-refractivity contribution in [2.24, 2.45) is 0 Å². The molecule has 2 heterocycles. The van der Waals surface area contributed by atoms with E-state index in [1.165, 1.54) is 0 Å². The maximum atomic E-state index is 14.3. The SMILES string of the molecule is Cc1cc(Nc2nc(Nc3cccc(OCCN4CCOCC4)c3)ncc2F)cc(C)c1O.Cl.